The molecule has 16 heavy (non-hydrogen) atoms. The molecule has 5 heteroatoms. The maximum atomic E-state index is 11.8. The molecule has 1 amide bonds. The number of aliphatic hydroxyl groups excluding tert-OH is 1. The van der Waals surface area contributed by atoms with Gasteiger partial charge in [-0.25, -0.2) is 4.79 Å². The summed E-state index contributed by atoms with van der Waals surface area (Å²) in [6, 6.07) is 0. The van der Waals surface area contributed by atoms with Crippen LogP contribution >= 0.6 is 22.6 Å². The molecule has 0 saturated carbocycles. The van der Waals surface area contributed by atoms with Gasteiger partial charge in [-0.15, -0.1) is 0 Å². The number of hydrogen-bond donors (Lipinski definition) is 1. The number of aliphatic hydroxyl groups is 1. The van der Waals surface area contributed by atoms with Crippen LogP contribution in [0.5, 0.6) is 0 Å². The van der Waals surface area contributed by atoms with E-state index >= 15 is 0 Å². The first-order valence-electron chi connectivity index (χ1n) is 5.58. The fourth-order valence-corrected chi connectivity index (χ4v) is 2.49. The second-order valence-corrected chi connectivity index (χ2v) is 6.96. The minimum atomic E-state index is -0.474. The second-order valence-electron chi connectivity index (χ2n) is 5.20. The standard InChI is InChI=1S/C11H20INO3/c1-11(2,3)16-10(15)13-5-4-8(12)6-9(14)7-13/h8-9,14H,4-7H2,1-3H3. The molecule has 0 aromatic heterocycles. The Balaban J connectivity index is 2.55. The molecule has 0 spiro atoms. The number of hydrogen-bond acceptors (Lipinski definition) is 3. The van der Waals surface area contributed by atoms with Crippen LogP contribution in [-0.4, -0.2) is 44.8 Å². The predicted molar refractivity (Wildman–Crippen MR) is 70.9 cm³/mol. The van der Waals surface area contributed by atoms with E-state index in [1.165, 1.54) is 0 Å². The monoisotopic (exact) mass is 341 g/mol. The molecule has 1 N–H and O–H groups in total. The van der Waals surface area contributed by atoms with Crippen molar-refractivity contribution in [3.05, 3.63) is 0 Å². The van der Waals surface area contributed by atoms with Gasteiger partial charge in [-0.2, -0.15) is 0 Å². The van der Waals surface area contributed by atoms with Crippen LogP contribution in [-0.2, 0) is 4.74 Å². The summed E-state index contributed by atoms with van der Waals surface area (Å²) >= 11 is 2.32. The van der Waals surface area contributed by atoms with E-state index in [1.807, 2.05) is 20.8 Å². The number of halogens is 1. The Morgan fingerprint density at radius 1 is 1.50 bits per heavy atom. The molecule has 1 aliphatic rings. The molecule has 1 aliphatic heterocycles. The molecule has 94 valence electrons. The molecule has 0 aliphatic carbocycles. The molecule has 0 aromatic rings. The number of rotatable bonds is 0. The van der Waals surface area contributed by atoms with Crippen molar-refractivity contribution >= 4 is 28.7 Å². The molecule has 2 atom stereocenters. The van der Waals surface area contributed by atoms with Crippen LogP contribution in [0.2, 0.25) is 0 Å². The lowest BCUT2D eigenvalue weighted by molar-refractivity contribution is 0.0173. The fourth-order valence-electron chi connectivity index (χ4n) is 1.62. The highest BCUT2D eigenvalue weighted by Crippen LogP contribution is 2.20. The summed E-state index contributed by atoms with van der Waals surface area (Å²) in [6.07, 6.45) is 0.908. The molecule has 1 fully saturated rings. The molecule has 0 aromatic carbocycles. The second kappa shape index (κ2) is 5.53. The number of nitrogens with zero attached hydrogens (tertiary/aromatic N) is 1. The van der Waals surface area contributed by atoms with Gasteiger partial charge < -0.3 is 14.7 Å². The Hall–Kier alpha value is -0.0400. The first-order valence-corrected chi connectivity index (χ1v) is 6.82. The Bertz CT molecular complexity index is 252. The molecule has 1 saturated heterocycles. The van der Waals surface area contributed by atoms with Gasteiger partial charge in [0, 0.05) is 17.0 Å². The van der Waals surface area contributed by atoms with Gasteiger partial charge in [0.2, 0.25) is 0 Å². The minimum Gasteiger partial charge on any atom is -0.444 e. The van der Waals surface area contributed by atoms with Gasteiger partial charge in [0.25, 0.3) is 0 Å². The van der Waals surface area contributed by atoms with E-state index in [-0.39, 0.29) is 6.09 Å². The van der Waals surface area contributed by atoms with E-state index < -0.39 is 11.7 Å². The van der Waals surface area contributed by atoms with Gasteiger partial charge in [-0.3, -0.25) is 0 Å². The lowest BCUT2D eigenvalue weighted by Gasteiger charge is -2.27. The van der Waals surface area contributed by atoms with Gasteiger partial charge in [-0.1, -0.05) is 22.6 Å². The van der Waals surface area contributed by atoms with Gasteiger partial charge in [-0.05, 0) is 33.6 Å². The predicted octanol–water partition coefficient (Wildman–Crippen LogP) is 2.18. The van der Waals surface area contributed by atoms with Crippen molar-refractivity contribution in [1.29, 1.82) is 0 Å². The SMILES string of the molecule is CC(C)(C)OC(=O)N1CCC(I)CC(O)C1. The normalized spacial score (nSPS) is 27.4. The smallest absolute Gasteiger partial charge is 0.410 e. The minimum absolute atomic E-state index is 0.322. The summed E-state index contributed by atoms with van der Waals surface area (Å²) in [6.45, 7) is 6.59. The zero-order chi connectivity index (χ0) is 12.3. The summed E-state index contributed by atoms with van der Waals surface area (Å²) in [5.74, 6) is 0. The highest BCUT2D eigenvalue weighted by molar-refractivity contribution is 14.1. The van der Waals surface area contributed by atoms with Crippen LogP contribution in [0.3, 0.4) is 0 Å². The number of carbonyl (C=O) groups excluding carboxylic acids is 1. The van der Waals surface area contributed by atoms with Crippen LogP contribution in [0.1, 0.15) is 33.6 Å². The Kier molecular flexibility index (Phi) is 4.85. The molecular formula is C11H20INO3. The average Bonchev–Trinajstić information content (AvgIpc) is 2.23. The fraction of sp³-hybridized carbons (Fsp3) is 0.909. The van der Waals surface area contributed by atoms with Crippen LogP contribution in [0.4, 0.5) is 4.79 Å². The summed E-state index contributed by atoms with van der Waals surface area (Å²) in [4.78, 5) is 13.4. The van der Waals surface area contributed by atoms with Crippen molar-refractivity contribution < 1.29 is 14.6 Å². The van der Waals surface area contributed by atoms with Gasteiger partial charge in [0.05, 0.1) is 6.10 Å². The Morgan fingerprint density at radius 3 is 2.69 bits per heavy atom. The van der Waals surface area contributed by atoms with E-state index in [4.69, 9.17) is 4.74 Å². The molecule has 1 rings (SSSR count). The topological polar surface area (TPSA) is 49.8 Å². The van der Waals surface area contributed by atoms with E-state index in [1.54, 1.807) is 4.90 Å². The van der Waals surface area contributed by atoms with E-state index in [2.05, 4.69) is 22.6 Å². The number of ether oxygens (including phenoxy) is 1. The lowest BCUT2D eigenvalue weighted by atomic mass is 10.2. The van der Waals surface area contributed by atoms with Crippen molar-refractivity contribution in [2.45, 2.75) is 49.2 Å². The zero-order valence-electron chi connectivity index (χ0n) is 10.1. The number of amides is 1. The molecule has 0 bridgehead atoms. The summed E-state index contributed by atoms with van der Waals surface area (Å²) in [7, 11) is 0. The van der Waals surface area contributed by atoms with Gasteiger partial charge in [0.1, 0.15) is 5.60 Å². The van der Waals surface area contributed by atoms with Crippen molar-refractivity contribution in [2.75, 3.05) is 13.1 Å². The number of carbonyl (C=O) groups is 1. The van der Waals surface area contributed by atoms with Crippen molar-refractivity contribution in [3.8, 4) is 0 Å². The van der Waals surface area contributed by atoms with Crippen LogP contribution in [0, 0.1) is 0 Å². The van der Waals surface area contributed by atoms with Gasteiger partial charge >= 0.3 is 6.09 Å². The molecule has 4 nitrogen and oxygen atoms in total. The highest BCUT2D eigenvalue weighted by Gasteiger charge is 2.27. The first-order chi connectivity index (χ1) is 7.28. The number of likely N-dealkylation sites (tertiary alicyclic amines) is 1. The maximum absolute atomic E-state index is 11.8. The Morgan fingerprint density at radius 2 is 2.12 bits per heavy atom. The average molecular weight is 341 g/mol. The maximum Gasteiger partial charge on any atom is 0.410 e. The van der Waals surface area contributed by atoms with Crippen molar-refractivity contribution in [1.82, 2.24) is 4.90 Å². The summed E-state index contributed by atoms with van der Waals surface area (Å²) in [5.41, 5.74) is -0.474. The van der Waals surface area contributed by atoms with Crippen molar-refractivity contribution in [2.24, 2.45) is 0 Å². The quantitative estimate of drug-likeness (QED) is 0.543. The molecule has 0 radical (unpaired) electrons. The first kappa shape index (κ1) is 14.0. The summed E-state index contributed by atoms with van der Waals surface area (Å²) in [5, 5.41) is 9.72. The van der Waals surface area contributed by atoms with Crippen LogP contribution < -0.4 is 0 Å². The van der Waals surface area contributed by atoms with Gasteiger partial charge in [0.15, 0.2) is 0 Å². The third-order valence-corrected chi connectivity index (χ3v) is 3.45. The molecule has 1 heterocycles. The molecule has 2 unspecified atom stereocenters. The third kappa shape index (κ3) is 4.86. The van der Waals surface area contributed by atoms with E-state index in [0.717, 1.165) is 12.8 Å². The van der Waals surface area contributed by atoms with E-state index in [9.17, 15) is 9.90 Å². The Labute approximate surface area is 110 Å². The third-order valence-electron chi connectivity index (χ3n) is 2.32. The highest BCUT2D eigenvalue weighted by atomic mass is 127. The lowest BCUT2D eigenvalue weighted by Crippen LogP contribution is -2.40. The number of alkyl halides is 1. The zero-order valence-corrected chi connectivity index (χ0v) is 12.2. The van der Waals surface area contributed by atoms with E-state index in [0.29, 0.717) is 17.0 Å². The van der Waals surface area contributed by atoms with Crippen LogP contribution in [0.25, 0.3) is 0 Å². The number of β-amino-alcohol motifs (C(OH)–C–C–N with tert-alkyl or cyclic N) is 1. The van der Waals surface area contributed by atoms with Crippen LogP contribution in [0.15, 0.2) is 0 Å². The molecular weight excluding hydrogens is 321 g/mol. The van der Waals surface area contributed by atoms with Crippen molar-refractivity contribution in [3.63, 3.8) is 0 Å². The largest absolute Gasteiger partial charge is 0.444 e. The summed E-state index contributed by atoms with van der Waals surface area (Å²) < 4.78 is 5.72.